The molecule has 1 atom stereocenters. The van der Waals surface area contributed by atoms with Crippen molar-refractivity contribution in [3.05, 3.63) is 74.5 Å². The van der Waals surface area contributed by atoms with Gasteiger partial charge in [0, 0.05) is 17.2 Å². The van der Waals surface area contributed by atoms with Gasteiger partial charge in [0.2, 0.25) is 5.43 Å². The van der Waals surface area contributed by atoms with Crippen molar-refractivity contribution in [2.24, 2.45) is 0 Å². The number of carbonyl (C=O) groups excluding carboxylic acids is 1. The maximum absolute atomic E-state index is 12.9. The van der Waals surface area contributed by atoms with Crippen molar-refractivity contribution in [3.63, 3.8) is 0 Å². The largest absolute Gasteiger partial charge is 0.497 e. The number of fused-ring (bicyclic) bond motifs is 1. The summed E-state index contributed by atoms with van der Waals surface area (Å²) in [6.07, 6.45) is 1.63. The van der Waals surface area contributed by atoms with Gasteiger partial charge in [-0.3, -0.25) is 9.59 Å². The van der Waals surface area contributed by atoms with Crippen LogP contribution in [0.4, 0.5) is 0 Å². The van der Waals surface area contributed by atoms with E-state index in [0.717, 1.165) is 15.6 Å². The number of ether oxygens (including phenoxy) is 1. The van der Waals surface area contributed by atoms with Gasteiger partial charge in [-0.2, -0.15) is 0 Å². The molecule has 1 unspecified atom stereocenters. The summed E-state index contributed by atoms with van der Waals surface area (Å²) in [6.45, 7) is 4.51. The minimum atomic E-state index is -0.389. The molecular weight excluding hydrogens is 408 g/mol. The van der Waals surface area contributed by atoms with Crippen molar-refractivity contribution in [1.82, 2.24) is 9.88 Å². The highest BCUT2D eigenvalue weighted by Gasteiger charge is 2.18. The van der Waals surface area contributed by atoms with Crippen LogP contribution >= 0.6 is 15.9 Å². The summed E-state index contributed by atoms with van der Waals surface area (Å²) in [7, 11) is 1.55. The Morgan fingerprint density at radius 1 is 1.26 bits per heavy atom. The van der Waals surface area contributed by atoms with E-state index in [-0.39, 0.29) is 22.9 Å². The summed E-state index contributed by atoms with van der Waals surface area (Å²) in [6, 6.07) is 12.8. The van der Waals surface area contributed by atoms with Crippen molar-refractivity contribution >= 4 is 32.7 Å². The molecule has 0 fully saturated rings. The molecule has 6 heteroatoms. The quantitative estimate of drug-likeness (QED) is 0.659. The lowest BCUT2D eigenvalue weighted by Crippen LogP contribution is -2.31. The summed E-state index contributed by atoms with van der Waals surface area (Å²) in [5.74, 6) is 0.196. The first kappa shape index (κ1) is 19.2. The first-order chi connectivity index (χ1) is 12.9. The zero-order valence-electron chi connectivity index (χ0n) is 15.5. The number of carbonyl (C=O) groups is 1. The number of hydrogen-bond acceptors (Lipinski definition) is 3. The standard InChI is InChI=1S/C21H21BrN2O3/c1-4-24-12-18(20(25)17-11-16(27-3)8-9-19(17)24)21(26)23-13(2)14-6-5-7-15(22)10-14/h5-13H,4H2,1-3H3,(H,23,26). The molecular formula is C21H21BrN2O3. The van der Waals surface area contributed by atoms with Crippen LogP contribution in [0.1, 0.15) is 35.8 Å². The highest BCUT2D eigenvalue weighted by atomic mass is 79.9. The summed E-state index contributed by atoms with van der Waals surface area (Å²) >= 11 is 3.43. The zero-order chi connectivity index (χ0) is 19.6. The second-order valence-corrected chi connectivity index (χ2v) is 7.21. The van der Waals surface area contributed by atoms with Crippen LogP contribution in [0.3, 0.4) is 0 Å². The Bertz CT molecular complexity index is 1060. The van der Waals surface area contributed by atoms with Crippen molar-refractivity contribution in [1.29, 1.82) is 0 Å². The number of hydrogen-bond donors (Lipinski definition) is 1. The van der Waals surface area contributed by atoms with Crippen LogP contribution in [-0.2, 0) is 6.54 Å². The van der Waals surface area contributed by atoms with Gasteiger partial charge in [0.05, 0.1) is 24.1 Å². The second kappa shape index (κ2) is 7.96. The molecule has 0 aliphatic rings. The predicted octanol–water partition coefficient (Wildman–Crippen LogP) is 4.28. The maximum atomic E-state index is 12.9. The summed E-state index contributed by atoms with van der Waals surface area (Å²) < 4.78 is 8.07. The zero-order valence-corrected chi connectivity index (χ0v) is 17.0. The molecule has 2 aromatic carbocycles. The van der Waals surface area contributed by atoms with Crippen LogP contribution in [-0.4, -0.2) is 17.6 Å². The average Bonchev–Trinajstić information content (AvgIpc) is 2.68. The Kier molecular flexibility index (Phi) is 5.65. The SMILES string of the molecule is CCn1cc(C(=O)NC(C)c2cccc(Br)c2)c(=O)c2cc(OC)ccc21. The van der Waals surface area contributed by atoms with Crippen molar-refractivity contribution in [3.8, 4) is 5.75 Å². The predicted molar refractivity (Wildman–Crippen MR) is 110 cm³/mol. The lowest BCUT2D eigenvalue weighted by atomic mass is 10.1. The number of nitrogens with one attached hydrogen (secondary N) is 1. The van der Waals surface area contributed by atoms with Crippen LogP contribution < -0.4 is 15.5 Å². The molecule has 5 nitrogen and oxygen atoms in total. The molecule has 1 amide bonds. The van der Waals surface area contributed by atoms with Crippen LogP contribution in [0.15, 0.2) is 57.9 Å². The molecule has 0 spiro atoms. The van der Waals surface area contributed by atoms with Crippen LogP contribution in [0, 0.1) is 0 Å². The van der Waals surface area contributed by atoms with Crippen molar-refractivity contribution in [2.75, 3.05) is 7.11 Å². The highest BCUT2D eigenvalue weighted by molar-refractivity contribution is 9.10. The molecule has 3 aromatic rings. The van der Waals surface area contributed by atoms with Crippen LogP contribution in [0.25, 0.3) is 10.9 Å². The Labute approximate surface area is 166 Å². The van der Waals surface area contributed by atoms with E-state index in [0.29, 0.717) is 17.7 Å². The number of methoxy groups -OCH3 is 1. The van der Waals surface area contributed by atoms with Gasteiger partial charge in [-0.05, 0) is 49.7 Å². The number of pyridine rings is 1. The first-order valence-corrected chi connectivity index (χ1v) is 9.51. The Morgan fingerprint density at radius 3 is 2.70 bits per heavy atom. The number of nitrogens with zero attached hydrogens (tertiary/aromatic N) is 1. The molecule has 140 valence electrons. The molecule has 1 N–H and O–H groups in total. The van der Waals surface area contributed by atoms with Gasteiger partial charge >= 0.3 is 0 Å². The van der Waals surface area contributed by atoms with Crippen LogP contribution in [0.5, 0.6) is 5.75 Å². The molecule has 0 radical (unpaired) electrons. The first-order valence-electron chi connectivity index (χ1n) is 8.72. The normalized spacial score (nSPS) is 12.0. The van der Waals surface area contributed by atoms with Gasteiger partial charge in [0.1, 0.15) is 11.3 Å². The third kappa shape index (κ3) is 3.90. The number of rotatable bonds is 5. The number of aryl methyl sites for hydroxylation is 1. The molecule has 0 saturated heterocycles. The molecule has 0 aliphatic carbocycles. The van der Waals surface area contributed by atoms with E-state index in [9.17, 15) is 9.59 Å². The fraction of sp³-hybridized carbons (Fsp3) is 0.238. The van der Waals surface area contributed by atoms with Gasteiger partial charge in [-0.15, -0.1) is 0 Å². The monoisotopic (exact) mass is 428 g/mol. The molecule has 3 rings (SSSR count). The van der Waals surface area contributed by atoms with Crippen molar-refractivity contribution < 1.29 is 9.53 Å². The highest BCUT2D eigenvalue weighted by Crippen LogP contribution is 2.20. The lowest BCUT2D eigenvalue weighted by molar-refractivity contribution is 0.0938. The van der Waals surface area contributed by atoms with Gasteiger partial charge in [0.25, 0.3) is 5.91 Å². The summed E-state index contributed by atoms with van der Waals surface area (Å²) in [5, 5.41) is 3.39. The van der Waals surface area contributed by atoms with Crippen LogP contribution in [0.2, 0.25) is 0 Å². The van der Waals surface area contributed by atoms with E-state index in [1.54, 1.807) is 19.4 Å². The minimum Gasteiger partial charge on any atom is -0.497 e. The van der Waals surface area contributed by atoms with Crippen molar-refractivity contribution in [2.45, 2.75) is 26.4 Å². The summed E-state index contributed by atoms with van der Waals surface area (Å²) in [5.41, 5.74) is 1.56. The average molecular weight is 429 g/mol. The Hall–Kier alpha value is -2.60. The summed E-state index contributed by atoms with van der Waals surface area (Å²) in [4.78, 5) is 25.8. The molecule has 27 heavy (non-hydrogen) atoms. The topological polar surface area (TPSA) is 60.3 Å². The number of halogens is 1. The van der Waals surface area contributed by atoms with E-state index in [4.69, 9.17) is 4.74 Å². The molecule has 0 bridgehead atoms. The second-order valence-electron chi connectivity index (χ2n) is 6.29. The Morgan fingerprint density at radius 2 is 2.04 bits per heavy atom. The lowest BCUT2D eigenvalue weighted by Gasteiger charge is -2.16. The Balaban J connectivity index is 2.01. The smallest absolute Gasteiger partial charge is 0.257 e. The third-order valence-corrected chi connectivity index (χ3v) is 5.06. The van der Waals surface area contributed by atoms with Gasteiger partial charge in [0.15, 0.2) is 0 Å². The maximum Gasteiger partial charge on any atom is 0.257 e. The van der Waals surface area contributed by atoms with E-state index >= 15 is 0 Å². The van der Waals surface area contributed by atoms with E-state index < -0.39 is 0 Å². The molecule has 0 saturated carbocycles. The van der Waals surface area contributed by atoms with Gasteiger partial charge in [-0.1, -0.05) is 28.1 Å². The number of benzene rings is 2. The van der Waals surface area contributed by atoms with E-state index in [1.165, 1.54) is 0 Å². The van der Waals surface area contributed by atoms with E-state index in [1.807, 2.05) is 54.8 Å². The minimum absolute atomic E-state index is 0.124. The number of amides is 1. The molecule has 0 aliphatic heterocycles. The van der Waals surface area contributed by atoms with E-state index in [2.05, 4.69) is 21.2 Å². The van der Waals surface area contributed by atoms with Gasteiger partial charge < -0.3 is 14.6 Å². The third-order valence-electron chi connectivity index (χ3n) is 4.57. The fourth-order valence-corrected chi connectivity index (χ4v) is 3.48. The number of aromatic nitrogens is 1. The molecule has 1 aromatic heterocycles. The van der Waals surface area contributed by atoms with Gasteiger partial charge in [-0.25, -0.2) is 0 Å². The fourth-order valence-electron chi connectivity index (χ4n) is 3.06. The molecule has 1 heterocycles.